The van der Waals surface area contributed by atoms with Crippen LogP contribution >= 0.6 is 0 Å². The van der Waals surface area contributed by atoms with E-state index in [1.807, 2.05) is 0 Å². The molecule has 0 unspecified atom stereocenters. The Morgan fingerprint density at radius 2 is 2.00 bits per heavy atom. The van der Waals surface area contributed by atoms with Gasteiger partial charge in [-0.05, 0) is 25.1 Å². The number of benzene rings is 2. The standard InChI is InChI=1S/C16H14N4O5S/c1-10-6-7-11(8-13(10)20(22)23)18-15(21)9-17-16-12-4-2-3-5-14(12)26(24,25)19-16/h2-8H,9H2,1H3,(H,17,19)(H,18,21). The van der Waals surface area contributed by atoms with Gasteiger partial charge in [0.25, 0.3) is 15.7 Å². The van der Waals surface area contributed by atoms with Crippen LogP contribution in [0.5, 0.6) is 0 Å². The highest BCUT2D eigenvalue weighted by atomic mass is 32.2. The second kappa shape index (κ2) is 6.56. The molecule has 0 fully saturated rings. The van der Waals surface area contributed by atoms with E-state index in [1.54, 1.807) is 31.2 Å². The second-order valence-electron chi connectivity index (χ2n) is 5.57. The van der Waals surface area contributed by atoms with Crippen LogP contribution in [0.15, 0.2) is 52.4 Å². The average molecular weight is 374 g/mol. The maximum atomic E-state index is 12.0. The molecule has 26 heavy (non-hydrogen) atoms. The van der Waals surface area contributed by atoms with Gasteiger partial charge in [0.2, 0.25) is 5.91 Å². The van der Waals surface area contributed by atoms with Crippen LogP contribution in [0.4, 0.5) is 11.4 Å². The number of nitro groups is 1. The number of fused-ring (bicyclic) bond motifs is 1. The van der Waals surface area contributed by atoms with Gasteiger partial charge < -0.3 is 5.32 Å². The molecule has 2 N–H and O–H groups in total. The molecule has 0 spiro atoms. The fraction of sp³-hybridized carbons (Fsp3) is 0.125. The number of sulfonamides is 1. The lowest BCUT2D eigenvalue weighted by atomic mass is 10.2. The number of aryl methyl sites for hydroxylation is 1. The van der Waals surface area contributed by atoms with Gasteiger partial charge in [0.15, 0.2) is 0 Å². The van der Waals surface area contributed by atoms with E-state index >= 15 is 0 Å². The predicted molar refractivity (Wildman–Crippen MR) is 94.6 cm³/mol. The summed E-state index contributed by atoms with van der Waals surface area (Å²) in [6.07, 6.45) is 0. The third-order valence-corrected chi connectivity index (χ3v) is 5.13. The Bertz CT molecular complexity index is 1050. The summed E-state index contributed by atoms with van der Waals surface area (Å²) in [6.45, 7) is 1.26. The Labute approximate surface area is 149 Å². The van der Waals surface area contributed by atoms with Crippen LogP contribution < -0.4 is 10.0 Å². The quantitative estimate of drug-likeness (QED) is 0.620. The first-order valence-electron chi connectivity index (χ1n) is 7.49. The Kier molecular flexibility index (Phi) is 4.43. The summed E-state index contributed by atoms with van der Waals surface area (Å²) >= 11 is 0. The number of nitro benzene ring substituents is 1. The van der Waals surface area contributed by atoms with Gasteiger partial charge in [0, 0.05) is 22.9 Å². The first kappa shape index (κ1) is 17.5. The fourth-order valence-corrected chi connectivity index (χ4v) is 3.74. The molecule has 0 bridgehead atoms. The Morgan fingerprint density at radius 1 is 1.27 bits per heavy atom. The summed E-state index contributed by atoms with van der Waals surface area (Å²) in [6, 6.07) is 10.6. The van der Waals surface area contributed by atoms with E-state index in [-0.39, 0.29) is 28.7 Å². The summed E-state index contributed by atoms with van der Waals surface area (Å²) in [4.78, 5) is 26.6. The van der Waals surface area contributed by atoms with Gasteiger partial charge in [-0.3, -0.25) is 24.6 Å². The zero-order valence-electron chi connectivity index (χ0n) is 13.6. The van der Waals surface area contributed by atoms with E-state index in [0.717, 1.165) is 0 Å². The summed E-state index contributed by atoms with van der Waals surface area (Å²) in [7, 11) is -3.67. The molecule has 1 heterocycles. The molecular formula is C16H14N4O5S. The smallest absolute Gasteiger partial charge is 0.274 e. The van der Waals surface area contributed by atoms with Crippen molar-refractivity contribution in [3.8, 4) is 0 Å². The first-order valence-corrected chi connectivity index (χ1v) is 8.98. The molecule has 0 radical (unpaired) electrons. The number of nitrogens with zero attached hydrogens (tertiary/aromatic N) is 2. The van der Waals surface area contributed by atoms with Crippen LogP contribution in [0.25, 0.3) is 0 Å². The van der Waals surface area contributed by atoms with Crippen molar-refractivity contribution < 1.29 is 18.1 Å². The summed E-state index contributed by atoms with van der Waals surface area (Å²) in [5.74, 6) is -0.440. The lowest BCUT2D eigenvalue weighted by molar-refractivity contribution is -0.385. The normalized spacial score (nSPS) is 16.0. The number of hydrogen-bond donors (Lipinski definition) is 2. The SMILES string of the molecule is Cc1ccc(NC(=O)CN=C2NS(=O)(=O)c3ccccc32)cc1[N+](=O)[O-]. The van der Waals surface area contributed by atoms with Crippen LogP contribution in [-0.4, -0.2) is 31.6 Å². The van der Waals surface area contributed by atoms with Crippen molar-refractivity contribution in [2.75, 3.05) is 11.9 Å². The molecule has 0 saturated carbocycles. The molecule has 1 aliphatic rings. The summed E-state index contributed by atoms with van der Waals surface area (Å²) < 4.78 is 26.3. The molecule has 1 aliphatic heterocycles. The molecule has 0 aromatic heterocycles. The first-order chi connectivity index (χ1) is 12.3. The zero-order chi connectivity index (χ0) is 18.9. The van der Waals surface area contributed by atoms with Crippen molar-refractivity contribution >= 4 is 33.1 Å². The van der Waals surface area contributed by atoms with Gasteiger partial charge in [-0.25, -0.2) is 8.42 Å². The minimum atomic E-state index is -3.67. The maximum Gasteiger partial charge on any atom is 0.274 e. The molecule has 2 aromatic carbocycles. The highest BCUT2D eigenvalue weighted by Gasteiger charge is 2.30. The van der Waals surface area contributed by atoms with Crippen LogP contribution in [0.2, 0.25) is 0 Å². The second-order valence-corrected chi connectivity index (χ2v) is 7.22. The van der Waals surface area contributed by atoms with Gasteiger partial charge >= 0.3 is 0 Å². The van der Waals surface area contributed by atoms with Crippen LogP contribution in [0.1, 0.15) is 11.1 Å². The number of aliphatic imine (C=N–C) groups is 1. The molecule has 0 aliphatic carbocycles. The van der Waals surface area contributed by atoms with E-state index in [4.69, 9.17) is 0 Å². The number of amides is 1. The molecule has 0 atom stereocenters. The van der Waals surface area contributed by atoms with Gasteiger partial charge in [-0.1, -0.05) is 18.2 Å². The average Bonchev–Trinajstić information content (AvgIpc) is 2.86. The van der Waals surface area contributed by atoms with Crippen LogP contribution in [0.3, 0.4) is 0 Å². The number of amidine groups is 1. The van der Waals surface area contributed by atoms with Crippen molar-refractivity contribution in [1.82, 2.24) is 4.72 Å². The van der Waals surface area contributed by atoms with Gasteiger partial charge in [-0.15, -0.1) is 0 Å². The molecule has 2 aromatic rings. The van der Waals surface area contributed by atoms with E-state index in [9.17, 15) is 23.3 Å². The zero-order valence-corrected chi connectivity index (χ0v) is 14.4. The molecule has 134 valence electrons. The van der Waals surface area contributed by atoms with Gasteiger partial charge in [0.05, 0.1) is 9.82 Å². The molecular weight excluding hydrogens is 360 g/mol. The largest absolute Gasteiger partial charge is 0.324 e. The van der Waals surface area contributed by atoms with Crippen molar-refractivity contribution in [2.45, 2.75) is 11.8 Å². The van der Waals surface area contributed by atoms with E-state index in [1.165, 1.54) is 18.2 Å². The monoisotopic (exact) mass is 374 g/mol. The highest BCUT2D eigenvalue weighted by molar-refractivity contribution is 7.90. The molecule has 1 amide bonds. The summed E-state index contributed by atoms with van der Waals surface area (Å²) in [5, 5.41) is 13.4. The van der Waals surface area contributed by atoms with Crippen molar-refractivity contribution in [3.63, 3.8) is 0 Å². The van der Waals surface area contributed by atoms with Crippen LogP contribution in [-0.2, 0) is 14.8 Å². The number of rotatable bonds is 4. The third-order valence-electron chi connectivity index (χ3n) is 3.73. The Hall–Kier alpha value is -3.27. The number of anilines is 1. The maximum absolute atomic E-state index is 12.0. The highest BCUT2D eigenvalue weighted by Crippen LogP contribution is 2.23. The number of nitrogens with one attached hydrogen (secondary N) is 2. The number of carbonyl (C=O) groups is 1. The Balaban J connectivity index is 1.75. The van der Waals surface area contributed by atoms with Crippen molar-refractivity contribution in [2.24, 2.45) is 4.99 Å². The van der Waals surface area contributed by atoms with Gasteiger partial charge in [0.1, 0.15) is 12.4 Å². The summed E-state index contributed by atoms with van der Waals surface area (Å²) in [5.41, 5.74) is 1.03. The minimum absolute atomic E-state index is 0.0886. The molecule has 3 rings (SSSR count). The molecule has 10 heteroatoms. The number of carbonyl (C=O) groups excluding carboxylic acids is 1. The van der Waals surface area contributed by atoms with E-state index in [0.29, 0.717) is 11.1 Å². The Morgan fingerprint density at radius 3 is 2.73 bits per heavy atom. The van der Waals surface area contributed by atoms with Crippen molar-refractivity contribution in [3.05, 3.63) is 63.7 Å². The topological polar surface area (TPSA) is 131 Å². The van der Waals surface area contributed by atoms with Gasteiger partial charge in [-0.2, -0.15) is 0 Å². The molecule has 0 saturated heterocycles. The lowest BCUT2D eigenvalue weighted by Gasteiger charge is -2.05. The minimum Gasteiger partial charge on any atom is -0.324 e. The fourth-order valence-electron chi connectivity index (χ4n) is 2.49. The van der Waals surface area contributed by atoms with Crippen molar-refractivity contribution in [1.29, 1.82) is 0 Å². The molecule has 9 nitrogen and oxygen atoms in total. The third kappa shape index (κ3) is 3.40. The van der Waals surface area contributed by atoms with E-state index in [2.05, 4.69) is 15.0 Å². The number of hydrogen-bond acceptors (Lipinski definition) is 6. The van der Waals surface area contributed by atoms with E-state index < -0.39 is 20.9 Å². The predicted octanol–water partition coefficient (Wildman–Crippen LogP) is 1.58. The van der Waals surface area contributed by atoms with Crippen LogP contribution in [0, 0.1) is 17.0 Å². The lowest BCUT2D eigenvalue weighted by Crippen LogP contribution is -2.24.